The van der Waals surface area contributed by atoms with E-state index in [1.165, 1.54) is 19.3 Å². The second-order valence-electron chi connectivity index (χ2n) is 5.41. The van der Waals surface area contributed by atoms with Crippen LogP contribution in [0.4, 0.5) is 5.95 Å². The van der Waals surface area contributed by atoms with Crippen LogP contribution in [0.3, 0.4) is 0 Å². The molecule has 0 saturated heterocycles. The number of aliphatic hydroxyl groups is 1. The van der Waals surface area contributed by atoms with Gasteiger partial charge in [0.1, 0.15) is 12.9 Å². The third kappa shape index (κ3) is 3.28. The highest BCUT2D eigenvalue weighted by atomic mass is 16.6. The molecule has 22 heavy (non-hydrogen) atoms. The van der Waals surface area contributed by atoms with E-state index in [4.69, 9.17) is 20.3 Å². The van der Waals surface area contributed by atoms with Crippen molar-refractivity contribution in [2.45, 2.75) is 44.8 Å². The standard InChI is InChI=1S/C14H21N5O3/c15-14-17-12-11(16-8-19(12)6-7-21-9-20)13(18-14)22-10-4-2-1-3-5-10/h8,10,20H,1-7,9H2,(H2,15,17,18). The van der Waals surface area contributed by atoms with E-state index in [0.717, 1.165) is 12.8 Å². The summed E-state index contributed by atoms with van der Waals surface area (Å²) < 4.78 is 12.8. The van der Waals surface area contributed by atoms with Crippen molar-refractivity contribution in [2.24, 2.45) is 0 Å². The lowest BCUT2D eigenvalue weighted by molar-refractivity contribution is -0.00432. The van der Waals surface area contributed by atoms with Gasteiger partial charge in [-0.1, -0.05) is 6.42 Å². The summed E-state index contributed by atoms with van der Waals surface area (Å²) in [6.45, 7) is 0.584. The van der Waals surface area contributed by atoms with Crippen molar-refractivity contribution in [1.29, 1.82) is 0 Å². The number of fused-ring (bicyclic) bond motifs is 1. The van der Waals surface area contributed by atoms with Gasteiger partial charge in [-0.05, 0) is 25.7 Å². The summed E-state index contributed by atoms with van der Waals surface area (Å²) in [7, 11) is 0. The second kappa shape index (κ2) is 6.89. The Kier molecular flexibility index (Phi) is 4.69. The number of hydrogen-bond acceptors (Lipinski definition) is 7. The number of aromatic nitrogens is 4. The molecule has 0 aromatic carbocycles. The second-order valence-corrected chi connectivity index (χ2v) is 5.41. The maximum absolute atomic E-state index is 8.67. The molecule has 1 saturated carbocycles. The maximum Gasteiger partial charge on any atom is 0.247 e. The van der Waals surface area contributed by atoms with Crippen molar-refractivity contribution in [3.05, 3.63) is 6.33 Å². The molecule has 0 spiro atoms. The van der Waals surface area contributed by atoms with Crippen molar-refractivity contribution >= 4 is 17.1 Å². The molecule has 1 fully saturated rings. The quantitative estimate of drug-likeness (QED) is 0.607. The number of anilines is 1. The van der Waals surface area contributed by atoms with Crippen LogP contribution in [0.2, 0.25) is 0 Å². The predicted octanol–water partition coefficient (Wildman–Crippen LogP) is 1.09. The molecule has 0 unspecified atom stereocenters. The van der Waals surface area contributed by atoms with E-state index in [1.54, 1.807) is 6.33 Å². The third-order valence-corrected chi connectivity index (χ3v) is 3.85. The average Bonchev–Trinajstić information content (AvgIpc) is 2.92. The number of nitrogens with two attached hydrogens (primary N) is 1. The van der Waals surface area contributed by atoms with Crippen LogP contribution in [0.5, 0.6) is 5.88 Å². The zero-order valence-corrected chi connectivity index (χ0v) is 12.4. The Labute approximate surface area is 128 Å². The van der Waals surface area contributed by atoms with Crippen LogP contribution in [0.1, 0.15) is 32.1 Å². The molecule has 1 aliphatic rings. The van der Waals surface area contributed by atoms with Gasteiger partial charge in [0.05, 0.1) is 12.9 Å². The summed E-state index contributed by atoms with van der Waals surface area (Å²) >= 11 is 0. The Hall–Kier alpha value is -1.93. The lowest BCUT2D eigenvalue weighted by Gasteiger charge is -2.22. The maximum atomic E-state index is 8.67. The van der Waals surface area contributed by atoms with Crippen molar-refractivity contribution in [3.8, 4) is 5.88 Å². The summed E-state index contributed by atoms with van der Waals surface area (Å²) in [6, 6.07) is 0. The van der Waals surface area contributed by atoms with Gasteiger partial charge in [0.15, 0.2) is 11.2 Å². The Balaban J connectivity index is 1.83. The minimum atomic E-state index is -0.306. The van der Waals surface area contributed by atoms with Gasteiger partial charge in [-0.2, -0.15) is 9.97 Å². The number of nitrogens with zero attached hydrogens (tertiary/aromatic N) is 4. The molecule has 3 N–H and O–H groups in total. The topological polar surface area (TPSA) is 108 Å². The molecule has 0 aliphatic heterocycles. The number of nitrogen functional groups attached to an aromatic ring is 1. The van der Waals surface area contributed by atoms with E-state index in [1.807, 2.05) is 4.57 Å². The first-order valence-corrected chi connectivity index (χ1v) is 7.61. The van der Waals surface area contributed by atoms with Gasteiger partial charge in [0.2, 0.25) is 11.8 Å². The van der Waals surface area contributed by atoms with Crippen LogP contribution >= 0.6 is 0 Å². The van der Waals surface area contributed by atoms with E-state index < -0.39 is 0 Å². The Morgan fingerprint density at radius 3 is 2.86 bits per heavy atom. The van der Waals surface area contributed by atoms with E-state index in [0.29, 0.717) is 30.2 Å². The van der Waals surface area contributed by atoms with Crippen LogP contribution in [0.25, 0.3) is 11.2 Å². The molecule has 2 aromatic rings. The fraction of sp³-hybridized carbons (Fsp3) is 0.643. The molecule has 3 rings (SSSR count). The highest BCUT2D eigenvalue weighted by molar-refractivity contribution is 5.77. The first-order valence-electron chi connectivity index (χ1n) is 7.61. The number of imidazole rings is 1. The molecule has 0 amide bonds. The number of hydrogen-bond donors (Lipinski definition) is 2. The van der Waals surface area contributed by atoms with Gasteiger partial charge in [0, 0.05) is 6.54 Å². The Morgan fingerprint density at radius 2 is 2.09 bits per heavy atom. The van der Waals surface area contributed by atoms with Crippen LogP contribution in [-0.4, -0.2) is 44.1 Å². The largest absolute Gasteiger partial charge is 0.473 e. The van der Waals surface area contributed by atoms with Gasteiger partial charge in [-0.25, -0.2) is 4.98 Å². The van der Waals surface area contributed by atoms with Crippen LogP contribution in [-0.2, 0) is 11.3 Å². The van der Waals surface area contributed by atoms with E-state index in [-0.39, 0.29) is 18.8 Å². The monoisotopic (exact) mass is 307 g/mol. The Morgan fingerprint density at radius 1 is 1.27 bits per heavy atom. The van der Waals surface area contributed by atoms with Crippen LogP contribution < -0.4 is 10.5 Å². The van der Waals surface area contributed by atoms with Gasteiger partial charge >= 0.3 is 0 Å². The summed E-state index contributed by atoms with van der Waals surface area (Å²) in [5, 5.41) is 8.67. The molecule has 2 heterocycles. The van der Waals surface area contributed by atoms with E-state index >= 15 is 0 Å². The highest BCUT2D eigenvalue weighted by Crippen LogP contribution is 2.27. The summed E-state index contributed by atoms with van der Waals surface area (Å²) in [6.07, 6.45) is 7.54. The van der Waals surface area contributed by atoms with Crippen molar-refractivity contribution < 1.29 is 14.6 Å². The molecule has 0 radical (unpaired) electrons. The van der Waals surface area contributed by atoms with Gasteiger partial charge in [-0.3, -0.25) is 0 Å². The fourth-order valence-electron chi connectivity index (χ4n) is 2.75. The van der Waals surface area contributed by atoms with Gasteiger partial charge in [0.25, 0.3) is 0 Å². The molecule has 0 bridgehead atoms. The SMILES string of the molecule is Nc1nc(OC2CCCCC2)c2ncn(CCOCO)c2n1. The minimum Gasteiger partial charge on any atom is -0.473 e. The molecule has 8 heteroatoms. The molecule has 0 atom stereocenters. The van der Waals surface area contributed by atoms with Crippen molar-refractivity contribution in [1.82, 2.24) is 19.5 Å². The fourth-order valence-corrected chi connectivity index (χ4v) is 2.75. The van der Waals surface area contributed by atoms with Crippen molar-refractivity contribution in [3.63, 3.8) is 0 Å². The summed E-state index contributed by atoms with van der Waals surface area (Å²) in [4.78, 5) is 12.8. The lowest BCUT2D eigenvalue weighted by atomic mass is 9.98. The Bertz CT molecular complexity index is 624. The first kappa shape index (κ1) is 15.0. The minimum absolute atomic E-state index is 0.170. The summed E-state index contributed by atoms with van der Waals surface area (Å²) in [5.74, 6) is 0.624. The molecule has 1 aliphatic carbocycles. The molecule has 120 valence electrons. The van der Waals surface area contributed by atoms with Crippen LogP contribution in [0, 0.1) is 0 Å². The van der Waals surface area contributed by atoms with Crippen molar-refractivity contribution in [2.75, 3.05) is 19.1 Å². The molecular formula is C14H21N5O3. The summed E-state index contributed by atoms with van der Waals surface area (Å²) in [5.41, 5.74) is 7.04. The number of rotatable bonds is 6. The smallest absolute Gasteiger partial charge is 0.247 e. The van der Waals surface area contributed by atoms with Gasteiger partial charge < -0.3 is 24.9 Å². The third-order valence-electron chi connectivity index (χ3n) is 3.85. The first-order chi connectivity index (χ1) is 10.8. The number of ether oxygens (including phenoxy) is 2. The molecular weight excluding hydrogens is 286 g/mol. The lowest BCUT2D eigenvalue weighted by Crippen LogP contribution is -2.20. The average molecular weight is 307 g/mol. The van der Waals surface area contributed by atoms with E-state index in [2.05, 4.69) is 15.0 Å². The van der Waals surface area contributed by atoms with Crippen LogP contribution in [0.15, 0.2) is 6.33 Å². The molecule has 8 nitrogen and oxygen atoms in total. The van der Waals surface area contributed by atoms with E-state index in [9.17, 15) is 0 Å². The zero-order chi connectivity index (χ0) is 15.4. The highest BCUT2D eigenvalue weighted by Gasteiger charge is 2.19. The van der Waals surface area contributed by atoms with Gasteiger partial charge in [-0.15, -0.1) is 0 Å². The molecule has 2 aromatic heterocycles. The number of aliphatic hydroxyl groups excluding tert-OH is 1. The zero-order valence-electron chi connectivity index (χ0n) is 12.4. The predicted molar refractivity (Wildman–Crippen MR) is 80.3 cm³/mol. The normalized spacial score (nSPS) is 16.2.